The summed E-state index contributed by atoms with van der Waals surface area (Å²) in [4.78, 5) is 23.0. The molecule has 4 heteroatoms. The predicted molar refractivity (Wildman–Crippen MR) is 76.4 cm³/mol. The molecule has 0 unspecified atom stereocenters. The Bertz CT molecular complexity index is 431. The highest BCUT2D eigenvalue weighted by molar-refractivity contribution is 5.89. The van der Waals surface area contributed by atoms with E-state index >= 15 is 0 Å². The van der Waals surface area contributed by atoms with Crippen molar-refractivity contribution < 1.29 is 14.7 Å². The van der Waals surface area contributed by atoms with Crippen LogP contribution in [0.5, 0.6) is 0 Å². The van der Waals surface area contributed by atoms with Gasteiger partial charge in [0.2, 0.25) is 6.41 Å². The molecule has 0 bridgehead atoms. The van der Waals surface area contributed by atoms with Gasteiger partial charge in [-0.25, -0.2) is 4.79 Å². The summed E-state index contributed by atoms with van der Waals surface area (Å²) < 4.78 is 0. The third kappa shape index (κ3) is 6.83. The second-order valence-electron chi connectivity index (χ2n) is 3.64. The molecule has 1 N–H and O–H groups in total. The Morgan fingerprint density at radius 2 is 2.05 bits per heavy atom. The number of rotatable bonds is 9. The van der Waals surface area contributed by atoms with Gasteiger partial charge in [0.05, 0.1) is 5.57 Å². The van der Waals surface area contributed by atoms with E-state index in [1.807, 2.05) is 6.08 Å². The van der Waals surface area contributed by atoms with Crippen LogP contribution in [0.25, 0.3) is 0 Å². The molecule has 0 aliphatic rings. The second-order valence-corrected chi connectivity index (χ2v) is 3.64. The molecule has 4 nitrogen and oxygen atoms in total. The van der Waals surface area contributed by atoms with Gasteiger partial charge in [-0.05, 0) is 25.0 Å². The number of carbonyl (C=O) groups is 2. The van der Waals surface area contributed by atoms with E-state index in [0.717, 1.165) is 5.57 Å². The summed E-state index contributed by atoms with van der Waals surface area (Å²) in [6.07, 6.45) is 10.7. The van der Waals surface area contributed by atoms with E-state index in [2.05, 4.69) is 13.2 Å². The van der Waals surface area contributed by atoms with Crippen LogP contribution in [0.3, 0.4) is 0 Å². The van der Waals surface area contributed by atoms with Gasteiger partial charge in [0.25, 0.3) is 0 Å². The number of hydrogen-bond donors (Lipinski definition) is 1. The van der Waals surface area contributed by atoms with Gasteiger partial charge in [-0.1, -0.05) is 37.5 Å². The molecule has 0 atom stereocenters. The Morgan fingerprint density at radius 1 is 1.37 bits per heavy atom. The molecule has 0 spiro atoms. The Labute approximate surface area is 113 Å². The number of aliphatic carboxylic acids is 1. The summed E-state index contributed by atoms with van der Waals surface area (Å²) >= 11 is 0. The SMILES string of the molecule is C=C/C=C(\C=C)CCN(C=O)/C=C\C(=C/C)C(=O)O. The van der Waals surface area contributed by atoms with Crippen LogP contribution in [-0.2, 0) is 9.59 Å². The van der Waals surface area contributed by atoms with Crippen molar-refractivity contribution >= 4 is 12.4 Å². The number of carbonyl (C=O) groups excluding carboxylic acids is 1. The fraction of sp³-hybridized carbons (Fsp3) is 0.200. The number of carboxylic acids is 1. The van der Waals surface area contributed by atoms with E-state index in [1.165, 1.54) is 23.3 Å². The number of allylic oxidation sites excluding steroid dienone is 4. The van der Waals surface area contributed by atoms with Crippen LogP contribution >= 0.6 is 0 Å². The van der Waals surface area contributed by atoms with E-state index in [9.17, 15) is 9.59 Å². The average molecular weight is 261 g/mol. The Kier molecular flexibility index (Phi) is 8.45. The maximum atomic E-state index is 10.9. The van der Waals surface area contributed by atoms with Crippen molar-refractivity contribution in [1.29, 1.82) is 0 Å². The number of nitrogens with zero attached hydrogens (tertiary/aromatic N) is 1. The minimum Gasteiger partial charge on any atom is -0.478 e. The highest BCUT2D eigenvalue weighted by Crippen LogP contribution is 2.05. The van der Waals surface area contributed by atoms with Crippen LogP contribution in [0, 0.1) is 0 Å². The molecule has 0 fully saturated rings. The minimum atomic E-state index is -1.03. The van der Waals surface area contributed by atoms with Crippen LogP contribution < -0.4 is 0 Å². The molecule has 0 rings (SSSR count). The van der Waals surface area contributed by atoms with Crippen molar-refractivity contribution in [1.82, 2.24) is 4.90 Å². The first kappa shape index (κ1) is 16.6. The third-order valence-corrected chi connectivity index (χ3v) is 2.39. The third-order valence-electron chi connectivity index (χ3n) is 2.39. The second kappa shape index (κ2) is 9.65. The number of amides is 1. The van der Waals surface area contributed by atoms with Crippen LogP contribution in [0.15, 0.2) is 60.9 Å². The van der Waals surface area contributed by atoms with E-state index < -0.39 is 5.97 Å². The Hall–Kier alpha value is -2.36. The molecule has 0 aromatic rings. The van der Waals surface area contributed by atoms with E-state index in [1.54, 1.807) is 19.1 Å². The van der Waals surface area contributed by atoms with Crippen LogP contribution in [-0.4, -0.2) is 28.9 Å². The maximum Gasteiger partial charge on any atom is 0.335 e. The summed E-state index contributed by atoms with van der Waals surface area (Å²) in [5.41, 5.74) is 1.09. The molecule has 0 saturated carbocycles. The first-order valence-electron chi connectivity index (χ1n) is 5.81. The van der Waals surface area contributed by atoms with Gasteiger partial charge < -0.3 is 10.0 Å². The molecule has 0 aliphatic heterocycles. The Balaban J connectivity index is 4.61. The average Bonchev–Trinajstić information content (AvgIpc) is 2.40. The highest BCUT2D eigenvalue weighted by Gasteiger charge is 2.03. The van der Waals surface area contributed by atoms with Gasteiger partial charge in [-0.15, -0.1) is 0 Å². The van der Waals surface area contributed by atoms with Crippen LogP contribution in [0.4, 0.5) is 0 Å². The largest absolute Gasteiger partial charge is 0.478 e. The van der Waals surface area contributed by atoms with Crippen LogP contribution in [0.1, 0.15) is 13.3 Å². The zero-order valence-electron chi connectivity index (χ0n) is 11.1. The van der Waals surface area contributed by atoms with E-state index in [0.29, 0.717) is 19.4 Å². The monoisotopic (exact) mass is 261 g/mol. The first-order valence-corrected chi connectivity index (χ1v) is 5.81. The van der Waals surface area contributed by atoms with Crippen molar-refractivity contribution in [3.63, 3.8) is 0 Å². The fourth-order valence-corrected chi connectivity index (χ4v) is 1.29. The topological polar surface area (TPSA) is 57.6 Å². The molecule has 0 heterocycles. The van der Waals surface area contributed by atoms with Crippen molar-refractivity contribution in [3.8, 4) is 0 Å². The lowest BCUT2D eigenvalue weighted by Crippen LogP contribution is -2.17. The lowest BCUT2D eigenvalue weighted by atomic mass is 10.1. The van der Waals surface area contributed by atoms with Gasteiger partial charge in [-0.3, -0.25) is 4.79 Å². The van der Waals surface area contributed by atoms with Gasteiger partial charge in [0, 0.05) is 12.7 Å². The molecule has 19 heavy (non-hydrogen) atoms. The van der Waals surface area contributed by atoms with Gasteiger partial charge in [0.1, 0.15) is 0 Å². The lowest BCUT2D eigenvalue weighted by molar-refractivity contribution is -0.132. The van der Waals surface area contributed by atoms with Crippen molar-refractivity contribution in [2.75, 3.05) is 6.54 Å². The molecular weight excluding hydrogens is 242 g/mol. The van der Waals surface area contributed by atoms with Crippen molar-refractivity contribution in [3.05, 3.63) is 60.9 Å². The summed E-state index contributed by atoms with van der Waals surface area (Å²) in [7, 11) is 0. The molecule has 0 saturated heterocycles. The van der Waals surface area contributed by atoms with E-state index in [-0.39, 0.29) is 5.57 Å². The summed E-state index contributed by atoms with van der Waals surface area (Å²) in [6, 6.07) is 0. The fourth-order valence-electron chi connectivity index (χ4n) is 1.29. The standard InChI is InChI=1S/C15H19NO3/c1-4-7-13(5-2)8-10-16(12-17)11-9-14(6-3)15(18)19/h4-7,9,11-12H,1-2,8,10H2,3H3,(H,18,19)/b11-9-,13-7+,14-6+. The molecular formula is C15H19NO3. The summed E-state index contributed by atoms with van der Waals surface area (Å²) in [5, 5.41) is 8.83. The van der Waals surface area contributed by atoms with Crippen LogP contribution in [0.2, 0.25) is 0 Å². The molecule has 0 aromatic heterocycles. The lowest BCUT2D eigenvalue weighted by Gasteiger charge is -2.12. The van der Waals surface area contributed by atoms with Gasteiger partial charge >= 0.3 is 5.97 Å². The first-order chi connectivity index (χ1) is 9.08. The van der Waals surface area contributed by atoms with Gasteiger partial charge in [-0.2, -0.15) is 0 Å². The zero-order chi connectivity index (χ0) is 14.7. The van der Waals surface area contributed by atoms with E-state index in [4.69, 9.17) is 5.11 Å². The maximum absolute atomic E-state index is 10.9. The summed E-state index contributed by atoms with van der Waals surface area (Å²) in [6.45, 7) is 9.33. The minimum absolute atomic E-state index is 0.137. The quantitative estimate of drug-likeness (QED) is 0.394. The van der Waals surface area contributed by atoms with Crippen molar-refractivity contribution in [2.45, 2.75) is 13.3 Å². The van der Waals surface area contributed by atoms with Gasteiger partial charge in [0.15, 0.2) is 0 Å². The smallest absolute Gasteiger partial charge is 0.335 e. The number of hydrogen-bond acceptors (Lipinski definition) is 2. The molecule has 0 radical (unpaired) electrons. The summed E-state index contributed by atoms with van der Waals surface area (Å²) in [5.74, 6) is -1.03. The highest BCUT2D eigenvalue weighted by atomic mass is 16.4. The molecule has 1 amide bonds. The molecule has 0 aromatic carbocycles. The molecule has 0 aliphatic carbocycles. The Morgan fingerprint density at radius 3 is 2.47 bits per heavy atom. The normalized spacial score (nSPS) is 12.3. The number of carboxylic acid groups (broad SMARTS) is 1. The zero-order valence-corrected chi connectivity index (χ0v) is 11.1. The molecule has 102 valence electrons. The van der Waals surface area contributed by atoms with Crippen molar-refractivity contribution in [2.24, 2.45) is 0 Å². The predicted octanol–water partition coefficient (Wildman–Crippen LogP) is 2.68.